The average Bonchev–Trinajstić information content (AvgIpc) is 2.42. The lowest BCUT2D eigenvalue weighted by Crippen LogP contribution is -2.46. The molecular formula is C16H35N5O. The fraction of sp³-hybridized carbons (Fsp3) is 0.875. The first kappa shape index (κ1) is 20.7. The summed E-state index contributed by atoms with van der Waals surface area (Å²) in [6.07, 6.45) is 0. The van der Waals surface area contributed by atoms with Crippen LogP contribution in [0.5, 0.6) is 0 Å². The van der Waals surface area contributed by atoms with Crippen molar-refractivity contribution in [3.8, 4) is 0 Å². The average molecular weight is 313 g/mol. The number of carbonyl (C=O) groups is 1. The van der Waals surface area contributed by atoms with Gasteiger partial charge in [-0.1, -0.05) is 0 Å². The minimum atomic E-state index is 0.0957. The Kier molecular flexibility index (Phi) is 9.81. The van der Waals surface area contributed by atoms with Gasteiger partial charge in [-0.25, -0.2) is 0 Å². The molecule has 0 spiro atoms. The Morgan fingerprint density at radius 3 is 2.18 bits per heavy atom. The number of likely N-dealkylation sites (N-methyl/N-ethyl adjacent to an activating group) is 2. The van der Waals surface area contributed by atoms with Crippen molar-refractivity contribution in [2.45, 2.75) is 47.1 Å². The van der Waals surface area contributed by atoms with E-state index in [1.807, 2.05) is 37.6 Å². The first-order chi connectivity index (χ1) is 10.2. The normalized spacial score (nSPS) is 12.2. The van der Waals surface area contributed by atoms with E-state index in [1.54, 1.807) is 0 Å². The molecule has 0 bridgehead atoms. The highest BCUT2D eigenvalue weighted by Gasteiger charge is 2.15. The number of carbonyl (C=O) groups excluding carboxylic acids is 1. The Balaban J connectivity index is 4.55. The molecule has 0 fully saturated rings. The quantitative estimate of drug-likeness (QED) is 0.401. The number of nitrogens with zero attached hydrogens (tertiary/aromatic N) is 3. The third-order valence-electron chi connectivity index (χ3n) is 3.21. The van der Waals surface area contributed by atoms with Gasteiger partial charge in [0.05, 0.1) is 13.1 Å². The van der Waals surface area contributed by atoms with Crippen molar-refractivity contribution in [2.24, 2.45) is 4.99 Å². The van der Waals surface area contributed by atoms with E-state index in [2.05, 4.69) is 36.4 Å². The van der Waals surface area contributed by atoms with Gasteiger partial charge in [0.2, 0.25) is 5.91 Å². The van der Waals surface area contributed by atoms with Crippen LogP contribution in [0.3, 0.4) is 0 Å². The summed E-state index contributed by atoms with van der Waals surface area (Å²) in [4.78, 5) is 20.5. The van der Waals surface area contributed by atoms with Gasteiger partial charge in [-0.05, 0) is 41.5 Å². The highest BCUT2D eigenvalue weighted by molar-refractivity contribution is 5.86. The molecular weight excluding hydrogens is 278 g/mol. The second-order valence-electron chi connectivity index (χ2n) is 6.33. The van der Waals surface area contributed by atoms with Crippen molar-refractivity contribution in [3.63, 3.8) is 0 Å². The second-order valence-corrected chi connectivity index (χ2v) is 6.33. The lowest BCUT2D eigenvalue weighted by atomic mass is 10.1. The summed E-state index contributed by atoms with van der Waals surface area (Å²) in [6, 6.07) is 0. The van der Waals surface area contributed by atoms with E-state index in [9.17, 15) is 4.79 Å². The molecule has 0 saturated carbocycles. The summed E-state index contributed by atoms with van der Waals surface area (Å²) in [5.74, 6) is 0.907. The van der Waals surface area contributed by atoms with Gasteiger partial charge < -0.3 is 20.4 Å². The van der Waals surface area contributed by atoms with E-state index < -0.39 is 0 Å². The maximum Gasteiger partial charge on any atom is 0.242 e. The van der Waals surface area contributed by atoms with Crippen molar-refractivity contribution in [1.82, 2.24) is 20.4 Å². The highest BCUT2D eigenvalue weighted by Crippen LogP contribution is 1.97. The van der Waals surface area contributed by atoms with E-state index in [4.69, 9.17) is 0 Å². The summed E-state index contributed by atoms with van der Waals surface area (Å²) in [5, 5.41) is 6.64. The summed E-state index contributed by atoms with van der Waals surface area (Å²) >= 11 is 0. The molecule has 0 unspecified atom stereocenters. The largest absolute Gasteiger partial charge is 0.357 e. The van der Waals surface area contributed by atoms with Crippen LogP contribution in [0.4, 0.5) is 0 Å². The highest BCUT2D eigenvalue weighted by atomic mass is 16.2. The van der Waals surface area contributed by atoms with E-state index >= 15 is 0 Å². The van der Waals surface area contributed by atoms with Crippen LogP contribution >= 0.6 is 0 Å². The van der Waals surface area contributed by atoms with Gasteiger partial charge in [-0.2, -0.15) is 0 Å². The molecule has 1 amide bonds. The van der Waals surface area contributed by atoms with Crippen LogP contribution in [0.1, 0.15) is 41.5 Å². The zero-order valence-electron chi connectivity index (χ0n) is 15.5. The van der Waals surface area contributed by atoms with Crippen LogP contribution in [-0.2, 0) is 4.79 Å². The molecule has 0 saturated heterocycles. The first-order valence-electron chi connectivity index (χ1n) is 8.27. The van der Waals surface area contributed by atoms with E-state index in [0.717, 1.165) is 32.1 Å². The monoisotopic (exact) mass is 313 g/mol. The first-order valence-corrected chi connectivity index (χ1v) is 8.27. The zero-order chi connectivity index (χ0) is 17.2. The Bertz CT molecular complexity index is 345. The van der Waals surface area contributed by atoms with Gasteiger partial charge in [-0.15, -0.1) is 0 Å². The van der Waals surface area contributed by atoms with Gasteiger partial charge in [0.1, 0.15) is 0 Å². The van der Waals surface area contributed by atoms with Crippen LogP contribution in [0.25, 0.3) is 0 Å². The van der Waals surface area contributed by atoms with Crippen molar-refractivity contribution < 1.29 is 4.79 Å². The number of guanidine groups is 1. The van der Waals surface area contributed by atoms with Gasteiger partial charge in [0, 0.05) is 38.8 Å². The molecule has 130 valence electrons. The fourth-order valence-corrected chi connectivity index (χ4v) is 2.02. The number of aliphatic imine (C=N–C) groups is 1. The number of hydrogen-bond donors (Lipinski definition) is 2. The summed E-state index contributed by atoms with van der Waals surface area (Å²) < 4.78 is 0. The van der Waals surface area contributed by atoms with Crippen molar-refractivity contribution in [2.75, 3.05) is 46.3 Å². The molecule has 0 aromatic carbocycles. The number of amides is 1. The van der Waals surface area contributed by atoms with Crippen molar-refractivity contribution >= 4 is 11.9 Å². The van der Waals surface area contributed by atoms with Crippen LogP contribution in [0.2, 0.25) is 0 Å². The van der Waals surface area contributed by atoms with Crippen molar-refractivity contribution in [1.29, 1.82) is 0 Å². The van der Waals surface area contributed by atoms with E-state index in [1.165, 1.54) is 0 Å². The molecule has 0 aliphatic heterocycles. The predicted octanol–water partition coefficient (Wildman–Crippen LogP) is 1.14. The molecule has 2 N–H and O–H groups in total. The predicted molar refractivity (Wildman–Crippen MR) is 94.3 cm³/mol. The molecule has 6 nitrogen and oxygen atoms in total. The third kappa shape index (κ3) is 8.87. The third-order valence-corrected chi connectivity index (χ3v) is 3.21. The van der Waals surface area contributed by atoms with Gasteiger partial charge in [0.25, 0.3) is 0 Å². The fourth-order valence-electron chi connectivity index (χ4n) is 2.02. The summed E-state index contributed by atoms with van der Waals surface area (Å²) in [5.41, 5.74) is 0.0957. The standard InChI is InChI=1S/C16H35N5O/c1-8-17-15(18-11-12-19-16(4,5)6)20(7)13-14(22)21(9-2)10-3/h19H,8-13H2,1-7H3,(H,17,18). The number of rotatable bonds is 8. The Morgan fingerprint density at radius 1 is 1.14 bits per heavy atom. The molecule has 22 heavy (non-hydrogen) atoms. The van der Waals surface area contributed by atoms with Crippen LogP contribution in [0.15, 0.2) is 4.99 Å². The summed E-state index contributed by atoms with van der Waals surface area (Å²) in [6.45, 7) is 16.6. The lowest BCUT2D eigenvalue weighted by Gasteiger charge is -2.26. The Morgan fingerprint density at radius 2 is 1.73 bits per heavy atom. The second kappa shape index (κ2) is 10.4. The molecule has 0 aliphatic rings. The van der Waals surface area contributed by atoms with Gasteiger partial charge in [-0.3, -0.25) is 9.79 Å². The molecule has 0 aromatic heterocycles. The smallest absolute Gasteiger partial charge is 0.242 e. The summed E-state index contributed by atoms with van der Waals surface area (Å²) in [7, 11) is 1.90. The Labute approximate surface area is 136 Å². The Hall–Kier alpha value is -1.30. The zero-order valence-corrected chi connectivity index (χ0v) is 15.5. The van der Waals surface area contributed by atoms with Gasteiger partial charge >= 0.3 is 0 Å². The van der Waals surface area contributed by atoms with Crippen molar-refractivity contribution in [3.05, 3.63) is 0 Å². The molecule has 0 aliphatic carbocycles. The van der Waals surface area contributed by atoms with E-state index in [0.29, 0.717) is 13.1 Å². The topological polar surface area (TPSA) is 60.0 Å². The molecule has 0 rings (SSSR count). The maximum absolute atomic E-state index is 12.2. The molecule has 0 heterocycles. The van der Waals surface area contributed by atoms with Crippen LogP contribution < -0.4 is 10.6 Å². The maximum atomic E-state index is 12.2. The van der Waals surface area contributed by atoms with Gasteiger partial charge in [0.15, 0.2) is 5.96 Å². The molecule has 0 atom stereocenters. The molecule has 6 heteroatoms. The lowest BCUT2D eigenvalue weighted by molar-refractivity contribution is -0.131. The minimum Gasteiger partial charge on any atom is -0.357 e. The molecule has 0 aromatic rings. The minimum absolute atomic E-state index is 0.0957. The van der Waals surface area contributed by atoms with E-state index in [-0.39, 0.29) is 11.4 Å². The molecule has 0 radical (unpaired) electrons. The van der Waals surface area contributed by atoms with Crippen LogP contribution in [0, 0.1) is 0 Å². The van der Waals surface area contributed by atoms with Crippen LogP contribution in [-0.4, -0.2) is 73.5 Å². The SMILES string of the molecule is CCNC(=NCCNC(C)(C)C)N(C)CC(=O)N(CC)CC. The number of hydrogen-bond acceptors (Lipinski definition) is 3. The number of nitrogens with one attached hydrogen (secondary N) is 2.